The van der Waals surface area contributed by atoms with Crippen LogP contribution in [0.25, 0.3) is 17.2 Å². The first-order valence-electron chi connectivity index (χ1n) is 13.6. The number of esters is 1. The van der Waals surface area contributed by atoms with E-state index in [-0.39, 0.29) is 30.7 Å². The number of carbonyl (C=O) groups is 3. The van der Waals surface area contributed by atoms with Gasteiger partial charge >= 0.3 is 5.97 Å². The van der Waals surface area contributed by atoms with Crippen molar-refractivity contribution in [3.63, 3.8) is 0 Å². The molecule has 1 aromatic heterocycles. The largest absolute Gasteiger partial charge is 0.490 e. The predicted octanol–water partition coefficient (Wildman–Crippen LogP) is 7.14. The Bertz CT molecular complexity index is 1460. The highest BCUT2D eigenvalue weighted by molar-refractivity contribution is 8.26. The summed E-state index contributed by atoms with van der Waals surface area (Å²) in [7, 11) is 0. The van der Waals surface area contributed by atoms with Crippen molar-refractivity contribution >= 4 is 68.5 Å². The first kappa shape index (κ1) is 29.0. The Morgan fingerprint density at radius 3 is 2.51 bits per heavy atom. The topological polar surface area (TPSA) is 84.9 Å². The molecule has 2 aromatic carbocycles. The van der Waals surface area contributed by atoms with Crippen LogP contribution in [0.5, 0.6) is 5.75 Å². The molecule has 2 fully saturated rings. The third-order valence-corrected chi connectivity index (χ3v) is 9.09. The number of anilines is 1. The highest BCUT2D eigenvalue weighted by atomic mass is 32.2. The van der Waals surface area contributed by atoms with Crippen molar-refractivity contribution in [3.05, 3.63) is 76.0 Å². The Labute approximate surface area is 252 Å². The Hall–Kier alpha value is -3.47. The van der Waals surface area contributed by atoms with Gasteiger partial charge in [0.15, 0.2) is 0 Å². The summed E-state index contributed by atoms with van der Waals surface area (Å²) in [6.07, 6.45) is 7.90. The highest BCUT2D eigenvalue weighted by Gasteiger charge is 2.34. The summed E-state index contributed by atoms with van der Waals surface area (Å²) in [5.74, 6) is -0.491. The molecule has 0 atom stereocenters. The number of nitrogens with zero attached hydrogens (tertiary/aromatic N) is 1. The van der Waals surface area contributed by atoms with Crippen LogP contribution in [-0.2, 0) is 14.3 Å². The summed E-state index contributed by atoms with van der Waals surface area (Å²) in [6.45, 7) is 1.67. The van der Waals surface area contributed by atoms with Gasteiger partial charge in [-0.3, -0.25) is 14.5 Å². The van der Waals surface area contributed by atoms with E-state index in [2.05, 4.69) is 5.32 Å². The number of thioether (sulfide) groups is 1. The standard InChI is InChI=1S/C31H30N2O5S3/c1-2-37-30(36)27-24(21-9-5-3-6-10-21)19-40-28(27)32-26(34)18-33-29(35)25(41-31(33)39)17-20-13-15-23(16-14-20)38-22-11-7-4-8-12-22/h3,5-6,9-10,13-17,19,22H,2,4,7-8,11-12,18H2,1H3,(H,32,34)/b25-17-. The molecular weight excluding hydrogens is 577 g/mol. The van der Waals surface area contributed by atoms with Crippen LogP contribution in [0.1, 0.15) is 54.9 Å². The minimum absolute atomic E-state index is 0.204. The van der Waals surface area contributed by atoms with Crippen LogP contribution in [0.3, 0.4) is 0 Å². The maximum Gasteiger partial charge on any atom is 0.341 e. The molecule has 1 saturated heterocycles. The fourth-order valence-corrected chi connectivity index (χ4v) is 7.03. The molecule has 1 aliphatic carbocycles. The SMILES string of the molecule is CCOC(=O)c1c(-c2ccccc2)csc1NC(=O)CN1C(=O)/C(=C/c2ccc(OC3CCCCC3)cc2)SC1=S. The Kier molecular flexibility index (Phi) is 9.53. The van der Waals surface area contributed by atoms with Gasteiger partial charge in [-0.05, 0) is 61.9 Å². The van der Waals surface area contributed by atoms with Crippen molar-refractivity contribution in [2.75, 3.05) is 18.5 Å². The quantitative estimate of drug-likeness (QED) is 0.157. The number of hydrogen-bond acceptors (Lipinski definition) is 8. The second kappa shape index (κ2) is 13.5. The number of nitrogens with one attached hydrogen (secondary N) is 1. The van der Waals surface area contributed by atoms with Crippen LogP contribution >= 0.6 is 35.3 Å². The lowest BCUT2D eigenvalue weighted by molar-refractivity contribution is -0.126. The van der Waals surface area contributed by atoms with Crippen LogP contribution in [0.4, 0.5) is 5.00 Å². The molecule has 1 aliphatic heterocycles. The number of hydrogen-bond donors (Lipinski definition) is 1. The molecule has 3 aromatic rings. The molecule has 0 spiro atoms. The molecule has 7 nitrogen and oxygen atoms in total. The van der Waals surface area contributed by atoms with Crippen molar-refractivity contribution in [1.29, 1.82) is 0 Å². The van der Waals surface area contributed by atoms with Crippen molar-refractivity contribution in [1.82, 2.24) is 4.90 Å². The first-order chi connectivity index (χ1) is 19.9. The Morgan fingerprint density at radius 2 is 1.80 bits per heavy atom. The number of ether oxygens (including phenoxy) is 2. The number of benzene rings is 2. The molecular formula is C31H30N2O5S3. The van der Waals surface area contributed by atoms with Gasteiger partial charge in [-0.15, -0.1) is 11.3 Å². The van der Waals surface area contributed by atoms with E-state index in [9.17, 15) is 14.4 Å². The Balaban J connectivity index is 1.25. The van der Waals surface area contributed by atoms with Crippen molar-refractivity contribution in [2.45, 2.75) is 45.1 Å². The zero-order valence-electron chi connectivity index (χ0n) is 22.6. The molecule has 1 N–H and O–H groups in total. The monoisotopic (exact) mass is 606 g/mol. The summed E-state index contributed by atoms with van der Waals surface area (Å²) in [5, 5.41) is 4.97. The molecule has 0 bridgehead atoms. The fourth-order valence-electron chi connectivity index (χ4n) is 4.80. The van der Waals surface area contributed by atoms with Gasteiger partial charge in [0.2, 0.25) is 5.91 Å². The second-order valence-electron chi connectivity index (χ2n) is 9.70. The molecule has 5 rings (SSSR count). The van der Waals surface area contributed by atoms with Crippen LogP contribution < -0.4 is 10.1 Å². The van der Waals surface area contributed by atoms with E-state index in [1.807, 2.05) is 60.0 Å². The minimum Gasteiger partial charge on any atom is -0.490 e. The second-order valence-corrected chi connectivity index (χ2v) is 12.3. The number of carbonyl (C=O) groups excluding carboxylic acids is 3. The van der Waals surface area contributed by atoms with E-state index < -0.39 is 11.9 Å². The minimum atomic E-state index is -0.522. The van der Waals surface area contributed by atoms with Crippen molar-refractivity contribution in [3.8, 4) is 16.9 Å². The Morgan fingerprint density at radius 1 is 1.07 bits per heavy atom. The number of rotatable bonds is 9. The van der Waals surface area contributed by atoms with Crippen molar-refractivity contribution < 1.29 is 23.9 Å². The van der Waals surface area contributed by atoms with Gasteiger partial charge in [-0.1, -0.05) is 72.9 Å². The molecule has 0 radical (unpaired) electrons. The normalized spacial score (nSPS) is 16.7. The van der Waals surface area contributed by atoms with E-state index >= 15 is 0 Å². The van der Waals surface area contributed by atoms with E-state index in [1.165, 1.54) is 35.5 Å². The van der Waals surface area contributed by atoms with E-state index in [0.29, 0.717) is 19.8 Å². The maximum atomic E-state index is 13.2. The molecule has 1 saturated carbocycles. The van der Waals surface area contributed by atoms with E-state index in [0.717, 1.165) is 41.5 Å². The van der Waals surface area contributed by atoms with Crippen LogP contribution in [0, 0.1) is 0 Å². The molecule has 10 heteroatoms. The third-order valence-electron chi connectivity index (χ3n) is 6.82. The smallest absolute Gasteiger partial charge is 0.341 e. The summed E-state index contributed by atoms with van der Waals surface area (Å²) < 4.78 is 11.7. The van der Waals surface area contributed by atoms with Gasteiger partial charge in [0.1, 0.15) is 27.2 Å². The third kappa shape index (κ3) is 7.06. The summed E-state index contributed by atoms with van der Waals surface area (Å²) >= 11 is 7.82. The van der Waals surface area contributed by atoms with Gasteiger partial charge in [0.05, 0.1) is 17.6 Å². The molecule has 0 unspecified atom stereocenters. The zero-order chi connectivity index (χ0) is 28.8. The van der Waals surface area contributed by atoms with Gasteiger partial charge in [0.25, 0.3) is 5.91 Å². The van der Waals surface area contributed by atoms with Crippen molar-refractivity contribution in [2.24, 2.45) is 0 Å². The highest BCUT2D eigenvalue weighted by Crippen LogP contribution is 2.37. The van der Waals surface area contributed by atoms with Gasteiger partial charge < -0.3 is 14.8 Å². The van der Waals surface area contributed by atoms with Gasteiger partial charge in [-0.25, -0.2) is 4.79 Å². The summed E-state index contributed by atoms with van der Waals surface area (Å²) in [5.41, 5.74) is 2.64. The van der Waals surface area contributed by atoms with Gasteiger partial charge in [0, 0.05) is 10.9 Å². The molecule has 212 valence electrons. The molecule has 41 heavy (non-hydrogen) atoms. The number of thiophene rings is 1. The maximum absolute atomic E-state index is 13.2. The fraction of sp³-hybridized carbons (Fsp3) is 0.290. The lowest BCUT2D eigenvalue weighted by Crippen LogP contribution is -2.36. The lowest BCUT2D eigenvalue weighted by atomic mass is 9.98. The van der Waals surface area contributed by atoms with E-state index in [4.69, 9.17) is 21.7 Å². The van der Waals surface area contributed by atoms with Gasteiger partial charge in [-0.2, -0.15) is 0 Å². The molecule has 2 aliphatic rings. The van der Waals surface area contributed by atoms with Crippen LogP contribution in [0.2, 0.25) is 0 Å². The average Bonchev–Trinajstić information content (AvgIpc) is 3.51. The molecule has 2 heterocycles. The number of thiocarbonyl (C=S) groups is 1. The van der Waals surface area contributed by atoms with E-state index in [1.54, 1.807) is 13.0 Å². The summed E-state index contributed by atoms with van der Waals surface area (Å²) in [6, 6.07) is 17.1. The van der Waals surface area contributed by atoms with Crippen LogP contribution in [0.15, 0.2) is 64.9 Å². The first-order valence-corrected chi connectivity index (χ1v) is 15.7. The average molecular weight is 607 g/mol. The lowest BCUT2D eigenvalue weighted by Gasteiger charge is -2.22. The summed E-state index contributed by atoms with van der Waals surface area (Å²) in [4.78, 5) is 40.7. The molecule has 2 amide bonds. The van der Waals surface area contributed by atoms with Crippen LogP contribution in [-0.4, -0.2) is 46.3 Å². The predicted molar refractivity (Wildman–Crippen MR) is 168 cm³/mol. The zero-order valence-corrected chi connectivity index (χ0v) is 25.0. The number of amides is 2.